The normalized spacial score (nSPS) is 26.6. The Morgan fingerprint density at radius 3 is 2.27 bits per heavy atom. The topological polar surface area (TPSA) is 43.5 Å². The fourth-order valence-corrected chi connectivity index (χ4v) is 3.37. The molecule has 0 saturated carbocycles. The van der Waals surface area contributed by atoms with Gasteiger partial charge in [-0.25, -0.2) is 0 Å². The van der Waals surface area contributed by atoms with E-state index < -0.39 is 0 Å². The molecule has 0 aromatic heterocycles. The smallest absolute Gasteiger partial charge is 0.117 e. The van der Waals surface area contributed by atoms with Gasteiger partial charge in [0.15, 0.2) is 0 Å². The van der Waals surface area contributed by atoms with Crippen LogP contribution in [0.4, 0.5) is 0 Å². The molecule has 0 amide bonds. The maximum atomic E-state index is 5.75. The lowest BCUT2D eigenvalue weighted by Gasteiger charge is -2.23. The van der Waals surface area contributed by atoms with Crippen LogP contribution >= 0.6 is 0 Å². The molecule has 2 heterocycles. The summed E-state index contributed by atoms with van der Waals surface area (Å²) in [6.45, 7) is 15.1. The third-order valence-electron chi connectivity index (χ3n) is 5.52. The standard InChI is InChI=1S/C26H34O4/c1-5-21(9-8-20(4)27-15-25-17-29-25)23-12-10-22(11-13-23)19(3)7-14-24(6-2)28-16-26-18-30-26/h5-10,14,23,25-26H,3-4,11-13,15-18H2,1-2H3/b9-8-,14-7-,21-5+,24-6+. The summed E-state index contributed by atoms with van der Waals surface area (Å²) in [7, 11) is 0. The van der Waals surface area contributed by atoms with E-state index in [0.717, 1.165) is 43.8 Å². The molecule has 1 aliphatic carbocycles. The van der Waals surface area contributed by atoms with Crippen LogP contribution in [0, 0.1) is 5.92 Å². The first kappa shape index (κ1) is 22.4. The molecular weight excluding hydrogens is 376 g/mol. The quantitative estimate of drug-likeness (QED) is 0.239. The molecule has 2 saturated heterocycles. The lowest BCUT2D eigenvalue weighted by molar-refractivity contribution is 0.192. The largest absolute Gasteiger partial charge is 0.491 e. The summed E-state index contributed by atoms with van der Waals surface area (Å²) in [5.74, 6) is 2.06. The van der Waals surface area contributed by atoms with Crippen LogP contribution in [0.5, 0.6) is 0 Å². The van der Waals surface area contributed by atoms with Gasteiger partial charge in [0.1, 0.15) is 36.9 Å². The van der Waals surface area contributed by atoms with Crippen LogP contribution in [-0.2, 0) is 18.9 Å². The molecule has 4 heteroatoms. The van der Waals surface area contributed by atoms with Crippen molar-refractivity contribution in [1.29, 1.82) is 0 Å². The minimum atomic E-state index is 0.253. The van der Waals surface area contributed by atoms with Crippen molar-refractivity contribution >= 4 is 0 Å². The van der Waals surface area contributed by atoms with Gasteiger partial charge in [0.2, 0.25) is 0 Å². The Bertz CT molecular complexity index is 773. The van der Waals surface area contributed by atoms with E-state index in [1.54, 1.807) is 0 Å². The fraction of sp³-hybridized carbons (Fsp3) is 0.462. The highest BCUT2D eigenvalue weighted by Gasteiger charge is 2.24. The molecule has 30 heavy (non-hydrogen) atoms. The molecule has 3 unspecified atom stereocenters. The number of epoxide rings is 2. The average Bonchev–Trinajstić information content (AvgIpc) is 3.68. The minimum absolute atomic E-state index is 0.253. The van der Waals surface area contributed by atoms with Crippen molar-refractivity contribution in [3.05, 3.63) is 83.9 Å². The maximum absolute atomic E-state index is 5.75. The molecule has 0 aromatic rings. The molecule has 2 fully saturated rings. The van der Waals surface area contributed by atoms with Gasteiger partial charge >= 0.3 is 0 Å². The Morgan fingerprint density at radius 1 is 1.00 bits per heavy atom. The van der Waals surface area contributed by atoms with Crippen molar-refractivity contribution in [2.45, 2.75) is 45.3 Å². The second-order valence-corrected chi connectivity index (χ2v) is 7.87. The molecule has 0 N–H and O–H groups in total. The fourth-order valence-electron chi connectivity index (χ4n) is 3.37. The molecule has 2 aliphatic heterocycles. The Hall–Kier alpha value is -2.30. The molecular formula is C26H34O4. The third kappa shape index (κ3) is 7.51. The molecule has 0 aromatic carbocycles. The van der Waals surface area contributed by atoms with Gasteiger partial charge < -0.3 is 18.9 Å². The van der Waals surface area contributed by atoms with Gasteiger partial charge in [0, 0.05) is 0 Å². The van der Waals surface area contributed by atoms with Crippen molar-refractivity contribution in [3.63, 3.8) is 0 Å². The van der Waals surface area contributed by atoms with Gasteiger partial charge in [0.05, 0.1) is 13.2 Å². The molecule has 0 spiro atoms. The maximum Gasteiger partial charge on any atom is 0.117 e. The number of allylic oxidation sites excluding steroid dienone is 10. The Morgan fingerprint density at radius 2 is 1.70 bits per heavy atom. The number of rotatable bonds is 12. The van der Waals surface area contributed by atoms with Gasteiger partial charge in [-0.3, -0.25) is 0 Å². The van der Waals surface area contributed by atoms with Crippen LogP contribution in [0.15, 0.2) is 83.9 Å². The van der Waals surface area contributed by atoms with E-state index in [1.165, 1.54) is 11.1 Å². The van der Waals surface area contributed by atoms with Crippen LogP contribution in [-0.4, -0.2) is 38.6 Å². The lowest BCUT2D eigenvalue weighted by Crippen LogP contribution is -2.08. The minimum Gasteiger partial charge on any atom is -0.491 e. The number of hydrogen-bond donors (Lipinski definition) is 0. The zero-order valence-electron chi connectivity index (χ0n) is 18.3. The molecule has 3 rings (SSSR count). The van der Waals surface area contributed by atoms with Crippen molar-refractivity contribution in [1.82, 2.24) is 0 Å². The molecule has 3 atom stereocenters. The van der Waals surface area contributed by atoms with Crippen molar-refractivity contribution in [2.24, 2.45) is 5.92 Å². The highest BCUT2D eigenvalue weighted by molar-refractivity contribution is 5.41. The van der Waals surface area contributed by atoms with E-state index in [-0.39, 0.29) is 12.2 Å². The summed E-state index contributed by atoms with van der Waals surface area (Å²) in [5.41, 5.74) is 3.70. The van der Waals surface area contributed by atoms with Gasteiger partial charge in [0.25, 0.3) is 0 Å². The summed E-state index contributed by atoms with van der Waals surface area (Å²) >= 11 is 0. The zero-order valence-corrected chi connectivity index (χ0v) is 18.3. The van der Waals surface area contributed by atoms with Crippen molar-refractivity contribution < 1.29 is 18.9 Å². The van der Waals surface area contributed by atoms with Crippen molar-refractivity contribution in [2.75, 3.05) is 26.4 Å². The second kappa shape index (κ2) is 11.2. The Kier molecular flexibility index (Phi) is 8.35. The summed E-state index contributed by atoms with van der Waals surface area (Å²) in [5, 5.41) is 0. The predicted octanol–water partition coefficient (Wildman–Crippen LogP) is 5.58. The molecule has 3 aliphatic rings. The molecule has 162 valence electrons. The zero-order chi connectivity index (χ0) is 21.3. The first-order valence-electron chi connectivity index (χ1n) is 10.8. The van der Waals surface area contributed by atoms with E-state index in [1.807, 2.05) is 25.2 Å². The van der Waals surface area contributed by atoms with Gasteiger partial charge in [-0.05, 0) is 74.0 Å². The van der Waals surface area contributed by atoms with Crippen LogP contribution in [0.25, 0.3) is 0 Å². The van der Waals surface area contributed by atoms with E-state index in [2.05, 4.69) is 44.4 Å². The van der Waals surface area contributed by atoms with Crippen molar-refractivity contribution in [3.8, 4) is 0 Å². The van der Waals surface area contributed by atoms with E-state index in [9.17, 15) is 0 Å². The monoisotopic (exact) mass is 410 g/mol. The van der Waals surface area contributed by atoms with Gasteiger partial charge in [-0.15, -0.1) is 0 Å². The summed E-state index contributed by atoms with van der Waals surface area (Å²) in [6.07, 6.45) is 18.3. The van der Waals surface area contributed by atoms with Gasteiger partial charge in [-0.1, -0.05) is 37.5 Å². The number of hydrogen-bond acceptors (Lipinski definition) is 4. The lowest BCUT2D eigenvalue weighted by atomic mass is 9.82. The first-order valence-corrected chi connectivity index (χ1v) is 10.8. The average molecular weight is 411 g/mol. The van der Waals surface area contributed by atoms with E-state index >= 15 is 0 Å². The first-order chi connectivity index (χ1) is 14.6. The van der Waals surface area contributed by atoms with Crippen LogP contribution in [0.2, 0.25) is 0 Å². The SMILES string of the molecule is C=C(/C=C\C(=C/C)C1CC=C(C(=C)/C=C\C(=C/C)OCC2CO2)CC1)OCC1CO1. The van der Waals surface area contributed by atoms with Crippen LogP contribution in [0.1, 0.15) is 33.1 Å². The summed E-state index contributed by atoms with van der Waals surface area (Å²) < 4.78 is 21.7. The molecule has 0 radical (unpaired) electrons. The van der Waals surface area contributed by atoms with Gasteiger partial charge in [-0.2, -0.15) is 0 Å². The summed E-state index contributed by atoms with van der Waals surface area (Å²) in [4.78, 5) is 0. The number of ether oxygens (including phenoxy) is 4. The molecule has 0 bridgehead atoms. The predicted molar refractivity (Wildman–Crippen MR) is 121 cm³/mol. The highest BCUT2D eigenvalue weighted by Crippen LogP contribution is 2.33. The third-order valence-corrected chi connectivity index (χ3v) is 5.52. The second-order valence-electron chi connectivity index (χ2n) is 7.87. The van der Waals surface area contributed by atoms with E-state index in [0.29, 0.717) is 24.9 Å². The van der Waals surface area contributed by atoms with Crippen LogP contribution in [0.3, 0.4) is 0 Å². The Balaban J connectivity index is 1.46. The highest BCUT2D eigenvalue weighted by atomic mass is 16.6. The van der Waals surface area contributed by atoms with Crippen LogP contribution < -0.4 is 0 Å². The summed E-state index contributed by atoms with van der Waals surface area (Å²) in [6, 6.07) is 0. The Labute approximate surface area is 180 Å². The molecule has 4 nitrogen and oxygen atoms in total. The van der Waals surface area contributed by atoms with E-state index in [4.69, 9.17) is 18.9 Å².